The zero-order valence-electron chi connectivity index (χ0n) is 10.3. The van der Waals surface area contributed by atoms with Crippen molar-refractivity contribution in [1.82, 2.24) is 19.9 Å². The molecular formula is C15H9ClN4. The van der Waals surface area contributed by atoms with Crippen LogP contribution in [0, 0.1) is 0 Å². The lowest BCUT2D eigenvalue weighted by molar-refractivity contribution is 1.27. The van der Waals surface area contributed by atoms with Gasteiger partial charge in [0.1, 0.15) is 5.82 Å². The Morgan fingerprint density at radius 3 is 2.80 bits per heavy atom. The van der Waals surface area contributed by atoms with E-state index in [1.807, 2.05) is 36.4 Å². The molecule has 0 aliphatic carbocycles. The Balaban J connectivity index is 2.01. The molecule has 0 fully saturated rings. The summed E-state index contributed by atoms with van der Waals surface area (Å²) in [6, 6.07) is 11.5. The van der Waals surface area contributed by atoms with Gasteiger partial charge in [-0.2, -0.15) is 0 Å². The highest BCUT2D eigenvalue weighted by Crippen LogP contribution is 2.26. The van der Waals surface area contributed by atoms with Gasteiger partial charge in [-0.3, -0.25) is 9.97 Å². The third-order valence-electron chi connectivity index (χ3n) is 3.20. The second-order valence-electron chi connectivity index (χ2n) is 4.48. The number of benzene rings is 2. The lowest BCUT2D eigenvalue weighted by atomic mass is 10.1. The summed E-state index contributed by atoms with van der Waals surface area (Å²) in [5.74, 6) is 0.772. The molecule has 0 aliphatic rings. The number of halogens is 1. The van der Waals surface area contributed by atoms with Gasteiger partial charge in [-0.1, -0.05) is 17.7 Å². The van der Waals surface area contributed by atoms with Gasteiger partial charge in [-0.15, -0.1) is 0 Å². The van der Waals surface area contributed by atoms with Gasteiger partial charge in [0.25, 0.3) is 0 Å². The van der Waals surface area contributed by atoms with Gasteiger partial charge in [0.05, 0.1) is 22.1 Å². The van der Waals surface area contributed by atoms with Gasteiger partial charge in [-0.05, 0) is 30.3 Å². The molecule has 0 amide bonds. The number of aromatic amines is 1. The zero-order valence-corrected chi connectivity index (χ0v) is 11.1. The van der Waals surface area contributed by atoms with E-state index in [4.69, 9.17) is 11.6 Å². The Morgan fingerprint density at radius 2 is 1.85 bits per heavy atom. The quantitative estimate of drug-likeness (QED) is 0.576. The molecule has 0 saturated heterocycles. The average Bonchev–Trinajstić information content (AvgIpc) is 2.89. The van der Waals surface area contributed by atoms with E-state index in [-0.39, 0.29) is 0 Å². The molecule has 0 radical (unpaired) electrons. The molecule has 0 saturated carbocycles. The van der Waals surface area contributed by atoms with Crippen molar-refractivity contribution in [3.05, 3.63) is 53.8 Å². The Hall–Kier alpha value is -2.46. The minimum absolute atomic E-state index is 0.686. The second kappa shape index (κ2) is 4.28. The fourth-order valence-corrected chi connectivity index (χ4v) is 2.47. The molecule has 0 aliphatic heterocycles. The topological polar surface area (TPSA) is 54.5 Å². The van der Waals surface area contributed by atoms with Crippen LogP contribution >= 0.6 is 11.6 Å². The van der Waals surface area contributed by atoms with E-state index >= 15 is 0 Å². The number of hydrogen-bond acceptors (Lipinski definition) is 3. The van der Waals surface area contributed by atoms with Gasteiger partial charge < -0.3 is 4.98 Å². The van der Waals surface area contributed by atoms with E-state index < -0.39 is 0 Å². The lowest BCUT2D eigenvalue weighted by Crippen LogP contribution is -1.87. The van der Waals surface area contributed by atoms with Crippen LogP contribution in [0.1, 0.15) is 0 Å². The molecule has 20 heavy (non-hydrogen) atoms. The van der Waals surface area contributed by atoms with Crippen LogP contribution in [-0.2, 0) is 0 Å². The summed E-state index contributed by atoms with van der Waals surface area (Å²) in [6.07, 6.45) is 3.37. The first-order valence-corrected chi connectivity index (χ1v) is 6.54. The predicted octanol–water partition coefficient (Wildman–Crippen LogP) is 3.83. The molecule has 2 aromatic heterocycles. The summed E-state index contributed by atoms with van der Waals surface area (Å²) in [6.45, 7) is 0. The number of nitrogens with one attached hydrogen (secondary N) is 1. The van der Waals surface area contributed by atoms with Gasteiger partial charge >= 0.3 is 0 Å². The molecule has 4 nitrogen and oxygen atoms in total. The maximum Gasteiger partial charge on any atom is 0.140 e. The van der Waals surface area contributed by atoms with Crippen LogP contribution in [0.4, 0.5) is 0 Å². The standard InChI is InChI=1S/C15H9ClN4/c16-9-4-5-11-13(8-9)20-15(19-11)10-2-1-3-12-14(10)18-7-6-17-12/h1-8H,(H,19,20). The molecular weight excluding hydrogens is 272 g/mol. The van der Waals surface area contributed by atoms with Gasteiger partial charge in [-0.25, -0.2) is 4.98 Å². The number of fused-ring (bicyclic) bond motifs is 2. The Morgan fingerprint density at radius 1 is 0.950 bits per heavy atom. The van der Waals surface area contributed by atoms with Crippen LogP contribution in [0.5, 0.6) is 0 Å². The van der Waals surface area contributed by atoms with Crippen molar-refractivity contribution in [3.8, 4) is 11.4 Å². The molecule has 0 unspecified atom stereocenters. The van der Waals surface area contributed by atoms with E-state index in [2.05, 4.69) is 19.9 Å². The molecule has 0 spiro atoms. The van der Waals surface area contributed by atoms with Crippen LogP contribution < -0.4 is 0 Å². The highest BCUT2D eigenvalue weighted by Gasteiger charge is 2.10. The maximum atomic E-state index is 6.00. The minimum Gasteiger partial charge on any atom is -0.338 e. The third kappa shape index (κ3) is 1.73. The monoisotopic (exact) mass is 280 g/mol. The molecule has 5 heteroatoms. The highest BCUT2D eigenvalue weighted by atomic mass is 35.5. The van der Waals surface area contributed by atoms with Gasteiger partial charge in [0.2, 0.25) is 0 Å². The molecule has 2 heterocycles. The number of H-pyrrole nitrogens is 1. The summed E-state index contributed by atoms with van der Waals surface area (Å²) >= 11 is 6.00. The lowest BCUT2D eigenvalue weighted by Gasteiger charge is -2.01. The molecule has 96 valence electrons. The first-order valence-electron chi connectivity index (χ1n) is 6.17. The summed E-state index contributed by atoms with van der Waals surface area (Å²) in [5.41, 5.74) is 4.41. The van der Waals surface area contributed by atoms with Crippen molar-refractivity contribution in [2.45, 2.75) is 0 Å². The minimum atomic E-state index is 0.686. The van der Waals surface area contributed by atoms with E-state index in [1.165, 1.54) is 0 Å². The number of imidazole rings is 1. The summed E-state index contributed by atoms with van der Waals surface area (Å²) < 4.78 is 0. The summed E-state index contributed by atoms with van der Waals surface area (Å²) in [5, 5.41) is 0.686. The van der Waals surface area contributed by atoms with E-state index in [1.54, 1.807) is 12.4 Å². The van der Waals surface area contributed by atoms with Crippen molar-refractivity contribution in [1.29, 1.82) is 0 Å². The first-order chi connectivity index (χ1) is 9.81. The predicted molar refractivity (Wildman–Crippen MR) is 79.6 cm³/mol. The summed E-state index contributed by atoms with van der Waals surface area (Å²) in [7, 11) is 0. The van der Waals surface area contributed by atoms with Crippen LogP contribution in [-0.4, -0.2) is 19.9 Å². The van der Waals surface area contributed by atoms with Crippen LogP contribution in [0.25, 0.3) is 33.5 Å². The third-order valence-corrected chi connectivity index (χ3v) is 3.43. The van der Waals surface area contributed by atoms with Crippen molar-refractivity contribution >= 4 is 33.7 Å². The zero-order chi connectivity index (χ0) is 13.5. The van der Waals surface area contributed by atoms with Crippen molar-refractivity contribution < 1.29 is 0 Å². The normalized spacial score (nSPS) is 11.2. The fraction of sp³-hybridized carbons (Fsp3) is 0. The Kier molecular flexibility index (Phi) is 2.44. The Bertz CT molecular complexity index is 924. The van der Waals surface area contributed by atoms with Gasteiger partial charge in [0.15, 0.2) is 0 Å². The van der Waals surface area contributed by atoms with E-state index in [0.717, 1.165) is 33.5 Å². The van der Waals surface area contributed by atoms with Gasteiger partial charge in [0, 0.05) is 23.0 Å². The van der Waals surface area contributed by atoms with Crippen LogP contribution in [0.3, 0.4) is 0 Å². The summed E-state index contributed by atoms with van der Waals surface area (Å²) in [4.78, 5) is 16.6. The smallest absolute Gasteiger partial charge is 0.140 e. The molecule has 0 bridgehead atoms. The van der Waals surface area contributed by atoms with Crippen LogP contribution in [0.15, 0.2) is 48.8 Å². The maximum absolute atomic E-state index is 6.00. The van der Waals surface area contributed by atoms with Crippen molar-refractivity contribution in [3.63, 3.8) is 0 Å². The largest absolute Gasteiger partial charge is 0.338 e. The Labute approximate surface area is 119 Å². The number of rotatable bonds is 1. The van der Waals surface area contributed by atoms with Crippen LogP contribution in [0.2, 0.25) is 5.02 Å². The van der Waals surface area contributed by atoms with E-state index in [0.29, 0.717) is 5.02 Å². The number of aromatic nitrogens is 4. The highest BCUT2D eigenvalue weighted by molar-refractivity contribution is 6.31. The fourth-order valence-electron chi connectivity index (χ4n) is 2.29. The van der Waals surface area contributed by atoms with E-state index in [9.17, 15) is 0 Å². The number of hydrogen-bond donors (Lipinski definition) is 1. The average molecular weight is 281 g/mol. The van der Waals surface area contributed by atoms with Crippen molar-refractivity contribution in [2.24, 2.45) is 0 Å². The molecule has 4 aromatic rings. The first kappa shape index (κ1) is 11.4. The molecule has 4 rings (SSSR count). The number of nitrogens with zero attached hydrogens (tertiary/aromatic N) is 3. The molecule has 0 atom stereocenters. The number of para-hydroxylation sites is 1. The molecule has 1 N–H and O–H groups in total. The van der Waals surface area contributed by atoms with Crippen molar-refractivity contribution in [2.75, 3.05) is 0 Å². The SMILES string of the molecule is Clc1ccc2nc(-c3cccc4nccnc34)[nH]c2c1. The second-order valence-corrected chi connectivity index (χ2v) is 4.91. The molecule has 2 aromatic carbocycles.